The summed E-state index contributed by atoms with van der Waals surface area (Å²) in [5.74, 6) is -1.08. The van der Waals surface area contributed by atoms with Crippen LogP contribution in [0.1, 0.15) is 13.3 Å². The molecule has 0 N–H and O–H groups in total. The molecule has 0 aromatic rings. The van der Waals surface area contributed by atoms with Gasteiger partial charge in [0.2, 0.25) is 0 Å². The molecule has 1 unspecified atom stereocenters. The zero-order valence-corrected chi connectivity index (χ0v) is 10.7. The van der Waals surface area contributed by atoms with Crippen LogP contribution in [0.2, 0.25) is 0 Å². The molecule has 0 bridgehead atoms. The van der Waals surface area contributed by atoms with Crippen molar-refractivity contribution in [1.82, 2.24) is 0 Å². The first-order chi connectivity index (χ1) is 6.63. The molecule has 0 amide bonds. The van der Waals surface area contributed by atoms with E-state index in [0.29, 0.717) is 11.0 Å². The molecule has 0 fully saturated rings. The Labute approximate surface area is 101 Å². The predicted octanol–water partition coefficient (Wildman–Crippen LogP) is 1.53. The zero-order valence-electron chi connectivity index (χ0n) is 7.79. The lowest BCUT2D eigenvalue weighted by Crippen LogP contribution is -2.24. The van der Waals surface area contributed by atoms with E-state index in [1.165, 1.54) is 0 Å². The first-order valence-corrected chi connectivity index (χ1v) is 6.17. The van der Waals surface area contributed by atoms with E-state index >= 15 is 0 Å². The second-order valence-electron chi connectivity index (χ2n) is 2.41. The number of hydrogen-bond donors (Lipinski definition) is 0. The summed E-state index contributed by atoms with van der Waals surface area (Å²) in [6.07, 6.45) is -0.361. The van der Waals surface area contributed by atoms with Gasteiger partial charge in [0.15, 0.2) is 0 Å². The van der Waals surface area contributed by atoms with Crippen molar-refractivity contribution in [2.45, 2.75) is 19.4 Å². The van der Waals surface area contributed by atoms with Crippen LogP contribution in [0.25, 0.3) is 0 Å². The van der Waals surface area contributed by atoms with E-state index in [-0.39, 0.29) is 18.3 Å². The molecule has 0 aliphatic carbocycles. The molecule has 0 saturated heterocycles. The lowest BCUT2D eigenvalue weighted by Gasteiger charge is -2.13. The van der Waals surface area contributed by atoms with E-state index in [2.05, 4.69) is 0 Å². The average molecular weight is 335 g/mol. The van der Waals surface area contributed by atoms with Gasteiger partial charge in [-0.05, 0) is 6.92 Å². The fourth-order valence-corrected chi connectivity index (χ4v) is 1.31. The topological polar surface area (TPSA) is 52.6 Å². The molecule has 14 heavy (non-hydrogen) atoms. The van der Waals surface area contributed by atoms with E-state index < -0.39 is 12.1 Å². The number of hydrogen-bond acceptors (Lipinski definition) is 4. The van der Waals surface area contributed by atoms with Crippen molar-refractivity contribution in [3.63, 3.8) is 0 Å². The maximum atomic E-state index is 11.0. The van der Waals surface area contributed by atoms with E-state index in [1.54, 1.807) is 6.92 Å². The number of carbonyl (C=O) groups is 2. The van der Waals surface area contributed by atoms with Gasteiger partial charge in [-0.1, -0.05) is 22.6 Å². The Kier molecular flexibility index (Phi) is 8.26. The maximum Gasteiger partial charge on any atom is 0.321 e. The Balaban J connectivity index is 3.89. The Morgan fingerprint density at radius 1 is 1.43 bits per heavy atom. The van der Waals surface area contributed by atoms with Crippen LogP contribution in [0, 0.1) is 0 Å². The molecular weight excluding hydrogens is 322 g/mol. The first kappa shape index (κ1) is 14.0. The van der Waals surface area contributed by atoms with E-state index in [1.807, 2.05) is 22.6 Å². The van der Waals surface area contributed by atoms with Gasteiger partial charge in [0.1, 0.15) is 12.0 Å². The largest absolute Gasteiger partial charge is 0.466 e. The molecule has 82 valence electrons. The van der Waals surface area contributed by atoms with Crippen molar-refractivity contribution in [3.8, 4) is 0 Å². The van der Waals surface area contributed by atoms with Crippen LogP contribution < -0.4 is 0 Å². The highest BCUT2D eigenvalue weighted by Crippen LogP contribution is 2.05. The van der Waals surface area contributed by atoms with Crippen molar-refractivity contribution in [2.75, 3.05) is 16.9 Å². The summed E-state index contributed by atoms with van der Waals surface area (Å²) in [6, 6.07) is 0. The van der Waals surface area contributed by atoms with E-state index in [4.69, 9.17) is 21.1 Å². The monoisotopic (exact) mass is 334 g/mol. The Morgan fingerprint density at radius 3 is 2.50 bits per heavy atom. The number of esters is 2. The van der Waals surface area contributed by atoms with Gasteiger partial charge in [-0.15, -0.1) is 11.6 Å². The van der Waals surface area contributed by atoms with Crippen molar-refractivity contribution >= 4 is 46.1 Å². The molecule has 6 heteroatoms. The lowest BCUT2D eigenvalue weighted by molar-refractivity contribution is -0.151. The van der Waals surface area contributed by atoms with E-state index in [9.17, 15) is 9.59 Å². The van der Waals surface area contributed by atoms with Crippen LogP contribution >= 0.6 is 34.2 Å². The first-order valence-electron chi connectivity index (χ1n) is 4.11. The molecule has 0 rings (SSSR count). The summed E-state index contributed by atoms with van der Waals surface area (Å²) >= 11 is 7.29. The number of halogens is 2. The van der Waals surface area contributed by atoms with Gasteiger partial charge >= 0.3 is 11.9 Å². The molecule has 0 aromatic carbocycles. The fraction of sp³-hybridized carbons (Fsp3) is 0.750. The van der Waals surface area contributed by atoms with Crippen LogP contribution in [-0.2, 0) is 19.1 Å². The minimum absolute atomic E-state index is 0.0827. The molecule has 4 nitrogen and oxygen atoms in total. The summed E-state index contributed by atoms with van der Waals surface area (Å²) < 4.78 is 10.2. The predicted molar refractivity (Wildman–Crippen MR) is 60.7 cm³/mol. The highest BCUT2D eigenvalue weighted by molar-refractivity contribution is 14.1. The van der Waals surface area contributed by atoms with Crippen molar-refractivity contribution in [1.29, 1.82) is 0 Å². The number of rotatable bonds is 6. The van der Waals surface area contributed by atoms with E-state index in [0.717, 1.165) is 0 Å². The molecule has 0 aromatic heterocycles. The third-order valence-corrected chi connectivity index (χ3v) is 2.48. The van der Waals surface area contributed by atoms with Gasteiger partial charge in [0, 0.05) is 4.43 Å². The molecule has 0 saturated carbocycles. The molecular formula is C8H12ClIO4. The third-order valence-electron chi connectivity index (χ3n) is 1.28. The van der Waals surface area contributed by atoms with Gasteiger partial charge < -0.3 is 9.47 Å². The molecule has 1 atom stereocenters. The highest BCUT2D eigenvalue weighted by Gasteiger charge is 2.17. The molecule has 0 spiro atoms. The quantitative estimate of drug-likeness (QED) is 0.420. The van der Waals surface area contributed by atoms with Gasteiger partial charge in [0.25, 0.3) is 0 Å². The normalized spacial score (nSPS) is 11.9. The summed E-state index contributed by atoms with van der Waals surface area (Å²) in [6.45, 7) is 2.05. The van der Waals surface area contributed by atoms with Crippen LogP contribution in [0.5, 0.6) is 0 Å². The van der Waals surface area contributed by atoms with Crippen LogP contribution in [-0.4, -0.2) is 35.0 Å². The van der Waals surface area contributed by atoms with Gasteiger partial charge in [-0.2, -0.15) is 0 Å². The van der Waals surface area contributed by atoms with Gasteiger partial charge in [-0.25, -0.2) is 0 Å². The number of ether oxygens (including phenoxy) is 2. The second-order valence-corrected chi connectivity index (χ2v) is 3.56. The SMILES string of the molecule is CCOC(=O)CC(CI)OC(=O)CCl. The van der Waals surface area contributed by atoms with Crippen molar-refractivity contribution in [2.24, 2.45) is 0 Å². The smallest absolute Gasteiger partial charge is 0.321 e. The van der Waals surface area contributed by atoms with Crippen molar-refractivity contribution < 1.29 is 19.1 Å². The highest BCUT2D eigenvalue weighted by atomic mass is 127. The summed E-state index contributed by atoms with van der Waals surface area (Å²) in [7, 11) is 0. The average Bonchev–Trinajstić information content (AvgIpc) is 2.16. The Hall–Kier alpha value is -0.0400. The van der Waals surface area contributed by atoms with Crippen LogP contribution in [0.4, 0.5) is 0 Å². The molecule has 0 aliphatic heterocycles. The van der Waals surface area contributed by atoms with Gasteiger partial charge in [-0.3, -0.25) is 9.59 Å². The van der Waals surface area contributed by atoms with Crippen LogP contribution in [0.15, 0.2) is 0 Å². The Morgan fingerprint density at radius 2 is 2.07 bits per heavy atom. The summed E-state index contributed by atoms with van der Waals surface area (Å²) in [5, 5.41) is 0. The Bertz CT molecular complexity index is 198. The standard InChI is InChI=1S/C8H12ClIO4/c1-2-13-7(11)3-6(5-10)14-8(12)4-9/h6H,2-5H2,1H3. The number of carbonyl (C=O) groups excluding carboxylic acids is 2. The maximum absolute atomic E-state index is 11.0. The summed E-state index contributed by atoms with van der Waals surface area (Å²) in [4.78, 5) is 21.8. The minimum atomic E-state index is -0.516. The summed E-state index contributed by atoms with van der Waals surface area (Å²) in [5.41, 5.74) is 0. The zero-order chi connectivity index (χ0) is 11.0. The van der Waals surface area contributed by atoms with Crippen molar-refractivity contribution in [3.05, 3.63) is 0 Å². The molecule has 0 aliphatic rings. The molecule has 0 heterocycles. The number of alkyl halides is 2. The minimum Gasteiger partial charge on any atom is -0.466 e. The lowest BCUT2D eigenvalue weighted by atomic mass is 10.3. The van der Waals surface area contributed by atoms with Gasteiger partial charge in [0.05, 0.1) is 13.0 Å². The fourth-order valence-electron chi connectivity index (χ4n) is 0.751. The second kappa shape index (κ2) is 8.28. The third kappa shape index (κ3) is 6.42. The van der Waals surface area contributed by atoms with Crippen LogP contribution in [0.3, 0.4) is 0 Å². The molecule has 0 radical (unpaired) electrons.